The molecule has 140 valence electrons. The summed E-state index contributed by atoms with van der Waals surface area (Å²) in [5.74, 6) is 1.33. The predicted molar refractivity (Wildman–Crippen MR) is 110 cm³/mol. The van der Waals surface area contributed by atoms with Crippen molar-refractivity contribution in [1.29, 1.82) is 0 Å². The highest BCUT2D eigenvalue weighted by molar-refractivity contribution is 6.30. The Bertz CT molecular complexity index is 1100. The molecule has 0 saturated heterocycles. The van der Waals surface area contributed by atoms with E-state index in [-0.39, 0.29) is 18.3 Å². The van der Waals surface area contributed by atoms with Crippen molar-refractivity contribution in [3.05, 3.63) is 101 Å². The van der Waals surface area contributed by atoms with Crippen molar-refractivity contribution in [2.75, 3.05) is 0 Å². The first-order chi connectivity index (χ1) is 13.7. The van der Waals surface area contributed by atoms with Gasteiger partial charge in [0.25, 0.3) is 5.91 Å². The lowest BCUT2D eigenvalue weighted by atomic mass is 10.1. The number of ether oxygens (including phenoxy) is 1. The average Bonchev–Trinajstić information content (AvgIpc) is 3.21. The summed E-state index contributed by atoms with van der Waals surface area (Å²) in [5.41, 5.74) is 0.962. The van der Waals surface area contributed by atoms with E-state index in [2.05, 4.69) is 11.4 Å². The highest BCUT2D eigenvalue weighted by Gasteiger charge is 2.11. The Labute approximate surface area is 167 Å². The number of furan rings is 1. The number of fused-ring (bicyclic) bond motifs is 1. The molecule has 4 nitrogen and oxygen atoms in total. The maximum atomic E-state index is 12.2. The molecule has 0 radical (unpaired) electrons. The largest absolute Gasteiger partial charge is 0.486 e. The lowest BCUT2D eigenvalue weighted by Gasteiger charge is -2.06. The summed E-state index contributed by atoms with van der Waals surface area (Å²) >= 11 is 5.86. The van der Waals surface area contributed by atoms with Gasteiger partial charge in [-0.15, -0.1) is 0 Å². The Morgan fingerprint density at radius 3 is 2.54 bits per heavy atom. The van der Waals surface area contributed by atoms with Gasteiger partial charge in [0, 0.05) is 11.6 Å². The van der Waals surface area contributed by atoms with Crippen LogP contribution >= 0.6 is 11.6 Å². The monoisotopic (exact) mass is 391 g/mol. The second-order valence-corrected chi connectivity index (χ2v) is 6.81. The van der Waals surface area contributed by atoms with E-state index in [1.165, 1.54) is 0 Å². The zero-order valence-electron chi connectivity index (χ0n) is 15.0. The summed E-state index contributed by atoms with van der Waals surface area (Å²) in [6.45, 7) is 0.655. The van der Waals surface area contributed by atoms with E-state index in [0.29, 0.717) is 17.3 Å². The Morgan fingerprint density at radius 1 is 0.929 bits per heavy atom. The fourth-order valence-corrected chi connectivity index (χ4v) is 2.99. The first kappa shape index (κ1) is 18.1. The van der Waals surface area contributed by atoms with Crippen molar-refractivity contribution in [3.63, 3.8) is 0 Å². The molecule has 0 saturated carbocycles. The van der Waals surface area contributed by atoms with Crippen molar-refractivity contribution in [3.8, 4) is 5.75 Å². The Hall–Kier alpha value is -3.24. The van der Waals surface area contributed by atoms with Crippen LogP contribution in [0.4, 0.5) is 0 Å². The molecule has 3 aromatic carbocycles. The second-order valence-electron chi connectivity index (χ2n) is 6.37. The fourth-order valence-electron chi connectivity index (χ4n) is 2.86. The van der Waals surface area contributed by atoms with Gasteiger partial charge in [-0.2, -0.15) is 0 Å². The first-order valence-electron chi connectivity index (χ1n) is 8.90. The number of hydrogen-bond donors (Lipinski definition) is 1. The quantitative estimate of drug-likeness (QED) is 0.465. The Morgan fingerprint density at radius 2 is 1.71 bits per heavy atom. The Balaban J connectivity index is 1.34. The van der Waals surface area contributed by atoms with Crippen LogP contribution in [-0.2, 0) is 13.2 Å². The van der Waals surface area contributed by atoms with E-state index >= 15 is 0 Å². The molecule has 0 aliphatic carbocycles. The van der Waals surface area contributed by atoms with E-state index in [0.717, 1.165) is 22.1 Å². The SMILES string of the molecule is O=C(NCc1ccc(Cl)cc1)c1ccc(COc2ccc3ccccc3c2)o1. The molecule has 0 aliphatic heterocycles. The molecule has 0 fully saturated rings. The molecule has 4 aromatic rings. The molecule has 0 aliphatic rings. The minimum Gasteiger partial charge on any atom is -0.486 e. The lowest BCUT2D eigenvalue weighted by Crippen LogP contribution is -2.22. The van der Waals surface area contributed by atoms with Crippen LogP contribution in [0, 0.1) is 0 Å². The standard InChI is InChI=1S/C23H18ClNO3/c24-19-8-5-16(6-9-19)14-25-23(26)22-12-11-21(28-22)15-27-20-10-7-17-3-1-2-4-18(17)13-20/h1-13H,14-15H2,(H,25,26). The van der Waals surface area contributed by atoms with Gasteiger partial charge in [-0.3, -0.25) is 4.79 Å². The number of carbonyl (C=O) groups is 1. The van der Waals surface area contributed by atoms with E-state index in [1.807, 2.05) is 48.5 Å². The highest BCUT2D eigenvalue weighted by atomic mass is 35.5. The van der Waals surface area contributed by atoms with Crippen LogP contribution in [0.2, 0.25) is 5.02 Å². The molecular formula is C23H18ClNO3. The summed E-state index contributed by atoms with van der Waals surface area (Å²) in [6.07, 6.45) is 0. The second kappa shape index (κ2) is 8.19. The van der Waals surface area contributed by atoms with Crippen molar-refractivity contribution in [2.45, 2.75) is 13.2 Å². The van der Waals surface area contributed by atoms with E-state index in [4.69, 9.17) is 20.8 Å². The molecule has 28 heavy (non-hydrogen) atoms. The summed E-state index contributed by atoms with van der Waals surface area (Å²) in [4.78, 5) is 12.2. The van der Waals surface area contributed by atoms with Gasteiger partial charge >= 0.3 is 0 Å². The fraction of sp³-hybridized carbons (Fsp3) is 0.0870. The Kier molecular flexibility index (Phi) is 5.31. The first-order valence-corrected chi connectivity index (χ1v) is 9.28. The van der Waals surface area contributed by atoms with Crippen molar-refractivity contribution >= 4 is 28.3 Å². The molecule has 5 heteroatoms. The van der Waals surface area contributed by atoms with Crippen LogP contribution in [0.1, 0.15) is 21.9 Å². The third-order valence-corrected chi connectivity index (χ3v) is 4.61. The van der Waals surface area contributed by atoms with Crippen LogP contribution in [0.3, 0.4) is 0 Å². The molecule has 0 bridgehead atoms. The molecule has 1 aromatic heterocycles. The number of hydrogen-bond acceptors (Lipinski definition) is 3. The summed E-state index contributed by atoms with van der Waals surface area (Å²) < 4.78 is 11.4. The smallest absolute Gasteiger partial charge is 0.287 e. The maximum Gasteiger partial charge on any atom is 0.287 e. The molecule has 4 rings (SSSR count). The van der Waals surface area contributed by atoms with Gasteiger partial charge in [0.2, 0.25) is 0 Å². The predicted octanol–water partition coefficient (Wildman–Crippen LogP) is 5.60. The van der Waals surface area contributed by atoms with Gasteiger partial charge in [-0.05, 0) is 52.7 Å². The maximum absolute atomic E-state index is 12.2. The summed E-state index contributed by atoms with van der Waals surface area (Å²) in [7, 11) is 0. The third-order valence-electron chi connectivity index (χ3n) is 4.35. The van der Waals surface area contributed by atoms with Crippen LogP contribution in [0.25, 0.3) is 10.8 Å². The minimum atomic E-state index is -0.271. The molecule has 1 N–H and O–H groups in total. The van der Waals surface area contributed by atoms with Crippen LogP contribution < -0.4 is 10.1 Å². The molecule has 0 spiro atoms. The average molecular weight is 392 g/mol. The number of nitrogens with one attached hydrogen (secondary N) is 1. The number of halogens is 1. The van der Waals surface area contributed by atoms with Crippen LogP contribution in [0.15, 0.2) is 83.3 Å². The van der Waals surface area contributed by atoms with Gasteiger partial charge < -0.3 is 14.5 Å². The molecule has 1 heterocycles. The number of benzene rings is 3. The van der Waals surface area contributed by atoms with Gasteiger partial charge in [0.05, 0.1) is 0 Å². The molecule has 0 unspecified atom stereocenters. The van der Waals surface area contributed by atoms with E-state index in [1.54, 1.807) is 24.3 Å². The van der Waals surface area contributed by atoms with Gasteiger partial charge in [-0.1, -0.05) is 54.1 Å². The third kappa shape index (κ3) is 4.35. The topological polar surface area (TPSA) is 51.5 Å². The van der Waals surface area contributed by atoms with Crippen molar-refractivity contribution in [1.82, 2.24) is 5.32 Å². The van der Waals surface area contributed by atoms with Crippen molar-refractivity contribution < 1.29 is 13.9 Å². The van der Waals surface area contributed by atoms with Gasteiger partial charge in [0.1, 0.15) is 18.1 Å². The lowest BCUT2D eigenvalue weighted by molar-refractivity contribution is 0.0919. The van der Waals surface area contributed by atoms with E-state index < -0.39 is 0 Å². The zero-order valence-corrected chi connectivity index (χ0v) is 15.8. The van der Waals surface area contributed by atoms with Gasteiger partial charge in [0.15, 0.2) is 5.76 Å². The van der Waals surface area contributed by atoms with Gasteiger partial charge in [-0.25, -0.2) is 0 Å². The number of amides is 1. The summed E-state index contributed by atoms with van der Waals surface area (Å²) in [6, 6.07) is 24.7. The minimum absolute atomic E-state index is 0.253. The van der Waals surface area contributed by atoms with E-state index in [9.17, 15) is 4.79 Å². The van der Waals surface area contributed by atoms with Crippen LogP contribution in [-0.4, -0.2) is 5.91 Å². The van der Waals surface area contributed by atoms with Crippen LogP contribution in [0.5, 0.6) is 5.75 Å². The number of carbonyl (C=O) groups excluding carboxylic acids is 1. The highest BCUT2D eigenvalue weighted by Crippen LogP contribution is 2.21. The number of rotatable bonds is 6. The molecular weight excluding hydrogens is 374 g/mol. The normalized spacial score (nSPS) is 10.8. The zero-order chi connectivity index (χ0) is 19.3. The summed E-state index contributed by atoms with van der Waals surface area (Å²) in [5, 5.41) is 5.76. The van der Waals surface area contributed by atoms with Crippen molar-refractivity contribution in [2.24, 2.45) is 0 Å². The molecule has 1 amide bonds. The molecule has 0 atom stereocenters.